The van der Waals surface area contributed by atoms with E-state index in [2.05, 4.69) is 4.99 Å². The molecule has 1 rings (SSSR count). The van der Waals surface area contributed by atoms with Gasteiger partial charge in [0.05, 0.1) is 13.0 Å². The van der Waals surface area contributed by atoms with E-state index in [0.717, 1.165) is 4.90 Å². The van der Waals surface area contributed by atoms with Crippen molar-refractivity contribution < 1.29 is 39.6 Å². The van der Waals surface area contributed by atoms with Gasteiger partial charge in [0.25, 0.3) is 0 Å². The first kappa shape index (κ1) is 23.8. The number of aliphatic carboxylic acids is 4. The number of hydrogen-bond donors (Lipinski definition) is 4. The third-order valence-corrected chi connectivity index (χ3v) is 2.74. The first-order chi connectivity index (χ1) is 9.25. The van der Waals surface area contributed by atoms with Gasteiger partial charge in [0.1, 0.15) is 11.8 Å². The minimum atomic E-state index is -1.79. The Bertz CT molecular complexity index is 495. The number of nitrogens with zero attached hydrogens (tertiary/aromatic N) is 2. The van der Waals surface area contributed by atoms with Gasteiger partial charge in [-0.05, 0) is 0 Å². The zero-order chi connectivity index (χ0) is 15.4. The van der Waals surface area contributed by atoms with Crippen molar-refractivity contribution in [2.24, 2.45) is 4.99 Å². The van der Waals surface area contributed by atoms with Gasteiger partial charge in [-0.3, -0.25) is 24.3 Å². The van der Waals surface area contributed by atoms with Crippen LogP contribution in [0.3, 0.4) is 0 Å². The Labute approximate surface area is 168 Å². The topological polar surface area (TPSA) is 165 Å². The van der Waals surface area contributed by atoms with E-state index >= 15 is 0 Å². The molecule has 0 saturated heterocycles. The Hall–Kier alpha value is -0.490. The second kappa shape index (κ2) is 10.3. The van der Waals surface area contributed by atoms with E-state index in [0.29, 0.717) is 0 Å². The Morgan fingerprint density at radius 3 is 2.05 bits per heavy atom. The summed E-state index contributed by atoms with van der Waals surface area (Å²) in [5, 5.41) is 35.7. The average molecular weight is 334 g/mol. The van der Waals surface area contributed by atoms with Crippen molar-refractivity contribution in [3.05, 3.63) is 0 Å². The molecular weight excluding hydrogens is 322 g/mol. The van der Waals surface area contributed by atoms with E-state index in [-0.39, 0.29) is 72.2 Å². The van der Waals surface area contributed by atoms with Gasteiger partial charge >= 0.3 is 23.9 Å². The van der Waals surface area contributed by atoms with Crippen molar-refractivity contribution in [1.29, 1.82) is 0 Å². The van der Waals surface area contributed by atoms with Crippen LogP contribution in [0.4, 0.5) is 0 Å². The molecule has 0 aromatic carbocycles. The second-order valence-electron chi connectivity index (χ2n) is 4.00. The predicted molar refractivity (Wildman–Crippen MR) is 73.3 cm³/mol. The number of aliphatic imine (C=N–C) groups is 1. The van der Waals surface area contributed by atoms with Gasteiger partial charge in [0.2, 0.25) is 0 Å². The first-order valence-electron chi connectivity index (χ1n) is 5.46. The van der Waals surface area contributed by atoms with Crippen molar-refractivity contribution in [2.75, 3.05) is 13.1 Å². The maximum absolute atomic E-state index is 11.2. The molecule has 0 saturated carbocycles. The molecule has 0 fully saturated rings. The summed E-state index contributed by atoms with van der Waals surface area (Å²) in [5.41, 5.74) is -0.708. The third kappa shape index (κ3) is 5.95. The molecule has 2 unspecified atom stereocenters. The second-order valence-corrected chi connectivity index (χ2v) is 4.00. The monoisotopic (exact) mass is 334 g/mol. The zero-order valence-corrected chi connectivity index (χ0v) is 16.1. The maximum atomic E-state index is 11.2. The van der Waals surface area contributed by atoms with Crippen LogP contribution in [0.5, 0.6) is 0 Å². The maximum Gasteiger partial charge on any atom is 0.352 e. The summed E-state index contributed by atoms with van der Waals surface area (Å²) < 4.78 is 0. The summed E-state index contributed by atoms with van der Waals surface area (Å²) in [6.45, 7) is -0.271. The van der Waals surface area contributed by atoms with Crippen LogP contribution < -0.4 is 0 Å². The molecule has 0 bridgehead atoms. The average Bonchev–Trinajstić information content (AvgIpc) is 2.34. The van der Waals surface area contributed by atoms with Crippen LogP contribution in [-0.2, 0) is 19.2 Å². The van der Waals surface area contributed by atoms with Gasteiger partial charge < -0.3 is 20.4 Å². The minimum Gasteiger partial charge on any atom is -0.481 e. The molecule has 0 aromatic heterocycles. The molecule has 1 heterocycles. The van der Waals surface area contributed by atoms with E-state index in [4.69, 9.17) is 20.4 Å². The number of rotatable bonds is 6. The Morgan fingerprint density at radius 2 is 1.68 bits per heavy atom. The Morgan fingerprint density at radius 1 is 1.14 bits per heavy atom. The smallest absolute Gasteiger partial charge is 0.352 e. The van der Waals surface area contributed by atoms with Crippen molar-refractivity contribution in [3.63, 3.8) is 0 Å². The van der Waals surface area contributed by atoms with Gasteiger partial charge in [-0.25, -0.2) is 4.79 Å². The molecule has 1 aliphatic heterocycles. The number of hydrogen-bond acceptors (Lipinski definition) is 6. The zero-order valence-electron chi connectivity index (χ0n) is 12.1. The fourth-order valence-corrected chi connectivity index (χ4v) is 1.95. The van der Waals surface area contributed by atoms with Crippen molar-refractivity contribution in [1.82, 2.24) is 4.90 Å². The standard InChI is InChI=1S/C10H12N2O8.2Na/c13-5(14)3-4(8(15)16)12-2-1-11-6(9(17)18)7(12)10(19)20;;/h4,7H,1-3H2,(H,13,14)(H,15,16)(H,17,18)(H,19,20);;. The molecule has 2 atom stereocenters. The molecule has 12 heteroatoms. The minimum absolute atomic E-state index is 0. The largest absolute Gasteiger partial charge is 0.481 e. The third-order valence-electron chi connectivity index (χ3n) is 2.74. The van der Waals surface area contributed by atoms with E-state index < -0.39 is 48.1 Å². The van der Waals surface area contributed by atoms with Crippen LogP contribution in [0, 0.1) is 0 Å². The van der Waals surface area contributed by atoms with Crippen LogP contribution >= 0.6 is 0 Å². The summed E-state index contributed by atoms with van der Waals surface area (Å²) in [7, 11) is 0. The number of carbonyl (C=O) groups is 4. The molecule has 0 spiro atoms. The molecule has 4 N–H and O–H groups in total. The van der Waals surface area contributed by atoms with Crippen LogP contribution in [0.25, 0.3) is 0 Å². The predicted octanol–water partition coefficient (Wildman–Crippen LogP) is -2.55. The fraction of sp³-hybridized carbons (Fsp3) is 0.500. The van der Waals surface area contributed by atoms with Crippen molar-refractivity contribution in [2.45, 2.75) is 18.5 Å². The van der Waals surface area contributed by atoms with E-state index in [1.165, 1.54) is 0 Å². The van der Waals surface area contributed by atoms with Gasteiger partial charge in [0.15, 0.2) is 6.04 Å². The van der Waals surface area contributed by atoms with Gasteiger partial charge in [-0.2, -0.15) is 0 Å². The molecule has 1 aliphatic rings. The molecular formula is C10H12N2Na2O8. The van der Waals surface area contributed by atoms with Crippen LogP contribution in [0.1, 0.15) is 6.42 Å². The van der Waals surface area contributed by atoms with Crippen LogP contribution in [-0.4, -0.2) is 139 Å². The first-order valence-corrected chi connectivity index (χ1v) is 5.46. The quantitative estimate of drug-likeness (QED) is 0.382. The SMILES string of the molecule is O=C(O)CC(C(=O)O)N1CCN=C(C(=O)O)C1C(=O)O.[Na].[Na]. The van der Waals surface area contributed by atoms with E-state index in [1.807, 2.05) is 0 Å². The molecule has 22 heavy (non-hydrogen) atoms. The summed E-state index contributed by atoms with van der Waals surface area (Å²) in [6.07, 6.45) is -0.841. The van der Waals surface area contributed by atoms with Crippen LogP contribution in [0.2, 0.25) is 0 Å². The molecule has 112 valence electrons. The summed E-state index contributed by atoms with van der Waals surface area (Å²) >= 11 is 0. The number of carboxylic acids is 4. The fourth-order valence-electron chi connectivity index (χ4n) is 1.95. The van der Waals surface area contributed by atoms with Gasteiger partial charge in [-0.1, -0.05) is 0 Å². The molecule has 0 aromatic rings. The Kier molecular flexibility index (Phi) is 11.1. The van der Waals surface area contributed by atoms with E-state index in [9.17, 15) is 19.2 Å². The molecule has 10 nitrogen and oxygen atoms in total. The molecule has 0 aliphatic carbocycles. The van der Waals surface area contributed by atoms with Crippen LogP contribution in [0.15, 0.2) is 4.99 Å². The Balaban J connectivity index is 0. The van der Waals surface area contributed by atoms with Crippen molar-refractivity contribution in [3.8, 4) is 0 Å². The number of carboxylic acid groups (broad SMARTS) is 4. The molecule has 2 radical (unpaired) electrons. The van der Waals surface area contributed by atoms with Gasteiger partial charge in [-0.15, -0.1) is 0 Å². The summed E-state index contributed by atoms with van der Waals surface area (Å²) in [6, 6.07) is -3.43. The van der Waals surface area contributed by atoms with Gasteiger partial charge in [0, 0.05) is 65.7 Å². The summed E-state index contributed by atoms with van der Waals surface area (Å²) in [4.78, 5) is 48.2. The van der Waals surface area contributed by atoms with E-state index in [1.54, 1.807) is 0 Å². The normalized spacial score (nSPS) is 18.9. The summed E-state index contributed by atoms with van der Waals surface area (Å²) in [5.74, 6) is -6.14. The van der Waals surface area contributed by atoms with Crippen molar-refractivity contribution >= 4 is 88.7 Å². The molecule has 0 amide bonds.